The van der Waals surface area contributed by atoms with Crippen molar-refractivity contribution in [1.29, 1.82) is 0 Å². The highest BCUT2D eigenvalue weighted by atomic mass is 35.5. The Balaban J connectivity index is 1.60. The van der Waals surface area contributed by atoms with Crippen LogP contribution < -0.4 is 10.5 Å². The fourth-order valence-electron chi connectivity index (χ4n) is 4.18. The Bertz CT molecular complexity index is 1170. The molecule has 8 heteroatoms. The number of anilines is 1. The number of pyridine rings is 1. The molecule has 2 aromatic heterocycles. The van der Waals surface area contributed by atoms with Crippen molar-refractivity contribution in [1.82, 2.24) is 15.0 Å². The zero-order chi connectivity index (χ0) is 20.0. The molecule has 0 unspecified atom stereocenters. The molecule has 1 atom stereocenters. The molecule has 0 saturated carbocycles. The lowest BCUT2D eigenvalue weighted by atomic mass is 9.79. The lowest BCUT2D eigenvalue weighted by Gasteiger charge is -2.28. The van der Waals surface area contributed by atoms with Gasteiger partial charge >= 0.3 is 0 Å². The standard InChI is InChI=1S/C21H19ClN4O3/c22-14-3-1-2-12(8-14)13-9-15-16(17(27)10-13)11-23-19-18(15)20(28)25-21(24-19)26-4-6-29-7-5-26/h1-3,8,11,13H,4-7,9-10H2,(H,23,24,25,28)/t13-/m0/s1. The van der Waals surface area contributed by atoms with Crippen molar-refractivity contribution in [2.24, 2.45) is 0 Å². The van der Waals surface area contributed by atoms with E-state index in [1.165, 1.54) is 0 Å². The average molecular weight is 411 g/mol. The van der Waals surface area contributed by atoms with Gasteiger partial charge in [0.05, 0.1) is 18.6 Å². The summed E-state index contributed by atoms with van der Waals surface area (Å²) in [4.78, 5) is 39.6. The summed E-state index contributed by atoms with van der Waals surface area (Å²) in [5, 5.41) is 1.04. The summed E-state index contributed by atoms with van der Waals surface area (Å²) >= 11 is 6.14. The quantitative estimate of drug-likeness (QED) is 0.698. The number of carbonyl (C=O) groups is 1. The molecule has 148 valence electrons. The number of Topliss-reactive ketones (excluding diaryl/α,β-unsaturated/α-hetero) is 1. The maximum atomic E-state index is 13.0. The topological polar surface area (TPSA) is 88.2 Å². The number of benzene rings is 1. The third-order valence-corrected chi connectivity index (χ3v) is 5.88. The summed E-state index contributed by atoms with van der Waals surface area (Å²) in [7, 11) is 0. The van der Waals surface area contributed by atoms with Crippen LogP contribution in [-0.4, -0.2) is 47.0 Å². The van der Waals surface area contributed by atoms with Gasteiger partial charge in [-0.25, -0.2) is 4.98 Å². The molecule has 2 aliphatic rings. The molecule has 1 aromatic carbocycles. The number of hydrogen-bond acceptors (Lipinski definition) is 6. The van der Waals surface area contributed by atoms with Crippen LogP contribution in [0.25, 0.3) is 11.0 Å². The number of ketones is 1. The van der Waals surface area contributed by atoms with Gasteiger partial charge in [0.15, 0.2) is 11.4 Å². The van der Waals surface area contributed by atoms with Gasteiger partial charge in [-0.1, -0.05) is 23.7 Å². The Labute approximate surface area is 171 Å². The Kier molecular flexibility index (Phi) is 4.56. The smallest absolute Gasteiger partial charge is 0.262 e. The molecule has 5 rings (SSSR count). The lowest BCUT2D eigenvalue weighted by Crippen LogP contribution is -2.38. The highest BCUT2D eigenvalue weighted by Crippen LogP contribution is 2.35. The minimum atomic E-state index is -0.264. The van der Waals surface area contributed by atoms with Crippen LogP contribution in [0.1, 0.15) is 33.8 Å². The first-order valence-corrected chi connectivity index (χ1v) is 10.0. The third kappa shape index (κ3) is 3.30. The van der Waals surface area contributed by atoms with E-state index in [4.69, 9.17) is 16.3 Å². The van der Waals surface area contributed by atoms with Crippen molar-refractivity contribution in [3.8, 4) is 0 Å². The van der Waals surface area contributed by atoms with E-state index in [2.05, 4.69) is 15.0 Å². The van der Waals surface area contributed by atoms with Crippen LogP contribution in [0.15, 0.2) is 35.3 Å². The summed E-state index contributed by atoms with van der Waals surface area (Å²) in [5.41, 5.74) is 2.34. The van der Waals surface area contributed by atoms with Crippen molar-refractivity contribution in [3.63, 3.8) is 0 Å². The molecule has 1 aliphatic heterocycles. The molecule has 0 bridgehead atoms. The summed E-state index contributed by atoms with van der Waals surface area (Å²) in [6, 6.07) is 7.54. The number of nitrogens with zero attached hydrogens (tertiary/aromatic N) is 3. The number of rotatable bonds is 2. The first-order valence-electron chi connectivity index (χ1n) is 9.63. The summed E-state index contributed by atoms with van der Waals surface area (Å²) in [6.45, 7) is 2.51. The van der Waals surface area contributed by atoms with E-state index in [-0.39, 0.29) is 17.3 Å². The van der Waals surface area contributed by atoms with Crippen LogP contribution in [0.2, 0.25) is 5.02 Å². The van der Waals surface area contributed by atoms with Gasteiger partial charge in [-0.2, -0.15) is 4.98 Å². The number of hydrogen-bond donors (Lipinski definition) is 1. The first-order chi connectivity index (χ1) is 14.1. The predicted octanol–water partition coefficient (Wildman–Crippen LogP) is 2.72. The van der Waals surface area contributed by atoms with Gasteiger partial charge in [-0.15, -0.1) is 0 Å². The number of ether oxygens (including phenoxy) is 1. The molecule has 3 aromatic rings. The van der Waals surface area contributed by atoms with Crippen molar-refractivity contribution >= 4 is 34.4 Å². The first kappa shape index (κ1) is 18.3. The van der Waals surface area contributed by atoms with E-state index in [9.17, 15) is 9.59 Å². The van der Waals surface area contributed by atoms with Crippen LogP contribution in [-0.2, 0) is 11.2 Å². The van der Waals surface area contributed by atoms with Gasteiger partial charge in [0.2, 0.25) is 5.95 Å². The van der Waals surface area contributed by atoms with Gasteiger partial charge in [-0.05, 0) is 35.6 Å². The number of carbonyl (C=O) groups excluding carboxylic acids is 1. The third-order valence-electron chi connectivity index (χ3n) is 5.64. The summed E-state index contributed by atoms with van der Waals surface area (Å²) in [5.74, 6) is 0.451. The number of aromatic amines is 1. The molecule has 0 amide bonds. The minimum absolute atomic E-state index is 0.0118. The molecule has 1 N–H and O–H groups in total. The fourth-order valence-corrected chi connectivity index (χ4v) is 4.38. The Morgan fingerprint density at radius 1 is 1.17 bits per heavy atom. The number of halogens is 1. The van der Waals surface area contributed by atoms with Crippen LogP contribution in [0, 0.1) is 0 Å². The molecule has 1 aliphatic carbocycles. The van der Waals surface area contributed by atoms with E-state index < -0.39 is 0 Å². The van der Waals surface area contributed by atoms with Crippen molar-refractivity contribution in [2.75, 3.05) is 31.2 Å². The van der Waals surface area contributed by atoms with E-state index in [1.54, 1.807) is 6.20 Å². The zero-order valence-electron chi connectivity index (χ0n) is 15.7. The van der Waals surface area contributed by atoms with Crippen molar-refractivity contribution in [2.45, 2.75) is 18.8 Å². The van der Waals surface area contributed by atoms with E-state index >= 15 is 0 Å². The molecular formula is C21H19ClN4O3. The van der Waals surface area contributed by atoms with Gasteiger partial charge in [0, 0.05) is 36.3 Å². The van der Waals surface area contributed by atoms with Gasteiger partial charge in [0.1, 0.15) is 0 Å². The number of H-pyrrole nitrogens is 1. The van der Waals surface area contributed by atoms with Crippen molar-refractivity contribution in [3.05, 3.63) is 62.5 Å². The molecule has 1 fully saturated rings. The Morgan fingerprint density at radius 3 is 2.79 bits per heavy atom. The second-order valence-electron chi connectivity index (χ2n) is 7.42. The fraction of sp³-hybridized carbons (Fsp3) is 0.333. The monoisotopic (exact) mass is 410 g/mol. The normalized spacial score (nSPS) is 19.4. The molecule has 29 heavy (non-hydrogen) atoms. The number of morpholine rings is 1. The summed E-state index contributed by atoms with van der Waals surface area (Å²) in [6.07, 6.45) is 2.50. The van der Waals surface area contributed by atoms with E-state index in [1.807, 2.05) is 29.2 Å². The van der Waals surface area contributed by atoms with Crippen LogP contribution in [0.3, 0.4) is 0 Å². The van der Waals surface area contributed by atoms with Crippen LogP contribution in [0.5, 0.6) is 0 Å². The molecule has 0 spiro atoms. The molecule has 7 nitrogen and oxygen atoms in total. The lowest BCUT2D eigenvalue weighted by molar-refractivity contribution is 0.0964. The maximum Gasteiger partial charge on any atom is 0.262 e. The average Bonchev–Trinajstić information content (AvgIpc) is 2.73. The summed E-state index contributed by atoms with van der Waals surface area (Å²) < 4.78 is 5.36. The van der Waals surface area contributed by atoms with Gasteiger partial charge in [0.25, 0.3) is 5.56 Å². The van der Waals surface area contributed by atoms with Crippen molar-refractivity contribution < 1.29 is 9.53 Å². The molecule has 1 saturated heterocycles. The highest BCUT2D eigenvalue weighted by molar-refractivity contribution is 6.30. The number of aromatic nitrogens is 3. The Morgan fingerprint density at radius 2 is 2.00 bits per heavy atom. The van der Waals surface area contributed by atoms with E-state index in [0.29, 0.717) is 66.7 Å². The molecule has 3 heterocycles. The van der Waals surface area contributed by atoms with Crippen LogP contribution in [0.4, 0.5) is 5.95 Å². The predicted molar refractivity (Wildman–Crippen MR) is 110 cm³/mol. The van der Waals surface area contributed by atoms with Crippen LogP contribution >= 0.6 is 11.6 Å². The number of nitrogens with one attached hydrogen (secondary N) is 1. The highest BCUT2D eigenvalue weighted by Gasteiger charge is 2.30. The Hall–Kier alpha value is -2.77. The SMILES string of the molecule is O=C1C[C@@H](c2cccc(Cl)c2)Cc2c1cnc1nc(N3CCOCC3)[nH]c(=O)c21. The molecular weight excluding hydrogens is 392 g/mol. The second-order valence-corrected chi connectivity index (χ2v) is 7.86. The zero-order valence-corrected chi connectivity index (χ0v) is 16.4. The second kappa shape index (κ2) is 7.24. The largest absolute Gasteiger partial charge is 0.378 e. The minimum Gasteiger partial charge on any atom is -0.378 e. The maximum absolute atomic E-state index is 13.0. The van der Waals surface area contributed by atoms with E-state index in [0.717, 1.165) is 11.1 Å². The van der Waals surface area contributed by atoms with Gasteiger partial charge < -0.3 is 9.64 Å². The molecule has 0 radical (unpaired) electrons. The number of fused-ring (bicyclic) bond motifs is 3. The van der Waals surface area contributed by atoms with Gasteiger partial charge in [-0.3, -0.25) is 14.6 Å².